The average Bonchev–Trinajstić information content (AvgIpc) is 2.77. The predicted octanol–water partition coefficient (Wildman–Crippen LogP) is 4.70. The largest absolute Gasteiger partial charge is 0.417 e. The fourth-order valence-electron chi connectivity index (χ4n) is 1.52. The van der Waals surface area contributed by atoms with Gasteiger partial charge in [0.2, 0.25) is 0 Å². The standard InChI is InChI=1S/C12H7BrClF3N2O/c13-6-3-10(18-5-6)11(20)19-7-1-2-9(14)8(4-7)12(15,16)17/h1-5,18H,(H,19,20). The molecule has 3 nitrogen and oxygen atoms in total. The van der Waals surface area contributed by atoms with Crippen LogP contribution in [0.5, 0.6) is 0 Å². The highest BCUT2D eigenvalue weighted by atomic mass is 79.9. The van der Waals surface area contributed by atoms with Crippen LogP contribution >= 0.6 is 27.5 Å². The van der Waals surface area contributed by atoms with Gasteiger partial charge in [0.25, 0.3) is 5.91 Å². The second-order valence-corrected chi connectivity index (χ2v) is 5.20. The highest BCUT2D eigenvalue weighted by Gasteiger charge is 2.33. The van der Waals surface area contributed by atoms with Crippen molar-refractivity contribution in [1.29, 1.82) is 0 Å². The van der Waals surface area contributed by atoms with Crippen molar-refractivity contribution in [3.05, 3.63) is 51.2 Å². The van der Waals surface area contributed by atoms with Crippen LogP contribution in [0, 0.1) is 0 Å². The summed E-state index contributed by atoms with van der Waals surface area (Å²) in [7, 11) is 0. The summed E-state index contributed by atoms with van der Waals surface area (Å²) in [5.74, 6) is -0.550. The van der Waals surface area contributed by atoms with Crippen molar-refractivity contribution in [2.75, 3.05) is 5.32 Å². The molecule has 2 rings (SSSR count). The third-order valence-corrected chi connectivity index (χ3v) is 3.21. The molecule has 1 aromatic carbocycles. The van der Waals surface area contributed by atoms with E-state index < -0.39 is 22.7 Å². The minimum absolute atomic E-state index is 0.0115. The molecule has 2 aromatic rings. The maximum atomic E-state index is 12.7. The van der Waals surface area contributed by atoms with Crippen LogP contribution in [0.3, 0.4) is 0 Å². The quantitative estimate of drug-likeness (QED) is 0.794. The van der Waals surface area contributed by atoms with Gasteiger partial charge in [0.05, 0.1) is 10.6 Å². The number of carbonyl (C=O) groups excluding carboxylic acids is 1. The van der Waals surface area contributed by atoms with Crippen molar-refractivity contribution in [1.82, 2.24) is 4.98 Å². The van der Waals surface area contributed by atoms with Crippen molar-refractivity contribution in [3.63, 3.8) is 0 Å². The lowest BCUT2D eigenvalue weighted by atomic mass is 10.2. The number of amides is 1. The van der Waals surface area contributed by atoms with Crippen LogP contribution in [0.2, 0.25) is 5.02 Å². The first-order valence-electron chi connectivity index (χ1n) is 5.29. The molecule has 0 saturated heterocycles. The molecule has 1 aromatic heterocycles. The Balaban J connectivity index is 2.24. The van der Waals surface area contributed by atoms with E-state index in [2.05, 4.69) is 26.2 Å². The fraction of sp³-hybridized carbons (Fsp3) is 0.0833. The molecule has 0 fully saturated rings. The Hall–Kier alpha value is -1.47. The van der Waals surface area contributed by atoms with Crippen molar-refractivity contribution in [3.8, 4) is 0 Å². The molecule has 1 amide bonds. The number of aromatic nitrogens is 1. The SMILES string of the molecule is O=C(Nc1ccc(Cl)c(C(F)(F)F)c1)c1cc(Br)c[nH]1. The maximum absolute atomic E-state index is 12.7. The summed E-state index contributed by atoms with van der Waals surface area (Å²) in [5.41, 5.74) is -0.762. The van der Waals surface area contributed by atoms with Crippen LogP contribution in [0.15, 0.2) is 34.9 Å². The van der Waals surface area contributed by atoms with Crippen molar-refractivity contribution in [2.24, 2.45) is 0 Å². The summed E-state index contributed by atoms with van der Waals surface area (Å²) in [6.07, 6.45) is -3.04. The molecule has 106 valence electrons. The van der Waals surface area contributed by atoms with E-state index in [1.807, 2.05) is 0 Å². The average molecular weight is 368 g/mol. The Bertz CT molecular complexity index is 654. The molecule has 0 aliphatic carbocycles. The van der Waals surface area contributed by atoms with Crippen molar-refractivity contribution >= 4 is 39.1 Å². The number of hydrogen-bond donors (Lipinski definition) is 2. The minimum atomic E-state index is -4.58. The Morgan fingerprint density at radius 1 is 1.30 bits per heavy atom. The minimum Gasteiger partial charge on any atom is -0.356 e. The number of alkyl halides is 3. The summed E-state index contributed by atoms with van der Waals surface area (Å²) in [6.45, 7) is 0. The predicted molar refractivity (Wildman–Crippen MR) is 72.9 cm³/mol. The molecule has 1 heterocycles. The van der Waals surface area contributed by atoms with Gasteiger partial charge < -0.3 is 10.3 Å². The number of carbonyl (C=O) groups is 1. The fourth-order valence-corrected chi connectivity index (χ4v) is 2.09. The van der Waals surface area contributed by atoms with E-state index in [0.717, 1.165) is 12.1 Å². The number of halogens is 5. The van der Waals surface area contributed by atoms with E-state index in [1.165, 1.54) is 18.3 Å². The van der Waals surface area contributed by atoms with Crippen LogP contribution in [-0.4, -0.2) is 10.9 Å². The highest BCUT2D eigenvalue weighted by Crippen LogP contribution is 2.36. The molecule has 0 spiro atoms. The lowest BCUT2D eigenvalue weighted by molar-refractivity contribution is -0.137. The lowest BCUT2D eigenvalue weighted by Crippen LogP contribution is -2.13. The summed E-state index contributed by atoms with van der Waals surface area (Å²) < 4.78 is 38.7. The molecule has 0 bridgehead atoms. The highest BCUT2D eigenvalue weighted by molar-refractivity contribution is 9.10. The molecule has 0 aliphatic heterocycles. The number of hydrogen-bond acceptors (Lipinski definition) is 1. The van der Waals surface area contributed by atoms with Gasteiger partial charge in [-0.15, -0.1) is 0 Å². The van der Waals surface area contributed by atoms with E-state index in [-0.39, 0.29) is 11.4 Å². The molecule has 20 heavy (non-hydrogen) atoms. The lowest BCUT2D eigenvalue weighted by Gasteiger charge is -2.11. The van der Waals surface area contributed by atoms with Crippen LogP contribution in [-0.2, 0) is 6.18 Å². The zero-order valence-corrected chi connectivity index (χ0v) is 12.0. The van der Waals surface area contributed by atoms with Crippen LogP contribution in [0.1, 0.15) is 16.1 Å². The third-order valence-electron chi connectivity index (χ3n) is 2.42. The monoisotopic (exact) mass is 366 g/mol. The molecule has 0 atom stereocenters. The molecule has 0 radical (unpaired) electrons. The Morgan fingerprint density at radius 2 is 2.00 bits per heavy atom. The molecular weight excluding hydrogens is 360 g/mol. The summed E-state index contributed by atoms with van der Waals surface area (Å²) in [6, 6.07) is 4.69. The zero-order valence-electron chi connectivity index (χ0n) is 9.68. The number of aromatic amines is 1. The maximum Gasteiger partial charge on any atom is 0.417 e. The third kappa shape index (κ3) is 3.34. The summed E-state index contributed by atoms with van der Waals surface area (Å²) in [4.78, 5) is 14.5. The van der Waals surface area contributed by atoms with E-state index in [9.17, 15) is 18.0 Å². The molecule has 8 heteroatoms. The Kier molecular flexibility index (Phi) is 4.10. The number of rotatable bonds is 2. The van der Waals surface area contributed by atoms with Crippen LogP contribution < -0.4 is 5.32 Å². The van der Waals surface area contributed by atoms with Gasteiger partial charge in [-0.25, -0.2) is 0 Å². The summed E-state index contributed by atoms with van der Waals surface area (Å²) in [5, 5.41) is 1.94. The van der Waals surface area contributed by atoms with Gasteiger partial charge in [-0.1, -0.05) is 11.6 Å². The second kappa shape index (κ2) is 5.49. The summed E-state index contributed by atoms with van der Waals surface area (Å²) >= 11 is 8.65. The first kappa shape index (κ1) is 14.9. The van der Waals surface area contributed by atoms with Gasteiger partial charge in [-0.2, -0.15) is 13.2 Å². The van der Waals surface area contributed by atoms with Crippen molar-refractivity contribution < 1.29 is 18.0 Å². The Labute approximate surface area is 125 Å². The van der Waals surface area contributed by atoms with E-state index in [4.69, 9.17) is 11.6 Å². The van der Waals surface area contributed by atoms with Gasteiger partial charge in [0.15, 0.2) is 0 Å². The van der Waals surface area contributed by atoms with Gasteiger partial charge in [-0.3, -0.25) is 4.79 Å². The zero-order chi connectivity index (χ0) is 14.9. The number of nitrogens with one attached hydrogen (secondary N) is 2. The normalized spacial score (nSPS) is 11.4. The van der Waals surface area contributed by atoms with E-state index in [0.29, 0.717) is 4.47 Å². The first-order valence-corrected chi connectivity index (χ1v) is 6.46. The Morgan fingerprint density at radius 3 is 2.55 bits per heavy atom. The van der Waals surface area contributed by atoms with Crippen LogP contribution in [0.4, 0.5) is 18.9 Å². The smallest absolute Gasteiger partial charge is 0.356 e. The molecule has 0 unspecified atom stereocenters. The number of benzene rings is 1. The second-order valence-electron chi connectivity index (χ2n) is 3.88. The van der Waals surface area contributed by atoms with Crippen LogP contribution in [0.25, 0.3) is 0 Å². The number of H-pyrrole nitrogens is 1. The molecular formula is C12H7BrClF3N2O. The topological polar surface area (TPSA) is 44.9 Å². The molecule has 0 saturated carbocycles. The molecule has 0 aliphatic rings. The van der Waals surface area contributed by atoms with Gasteiger partial charge in [0, 0.05) is 16.4 Å². The van der Waals surface area contributed by atoms with Gasteiger partial charge in [0.1, 0.15) is 5.69 Å². The number of anilines is 1. The van der Waals surface area contributed by atoms with E-state index in [1.54, 1.807) is 0 Å². The van der Waals surface area contributed by atoms with Gasteiger partial charge >= 0.3 is 6.18 Å². The van der Waals surface area contributed by atoms with Crippen molar-refractivity contribution in [2.45, 2.75) is 6.18 Å². The van der Waals surface area contributed by atoms with E-state index >= 15 is 0 Å². The molecule has 2 N–H and O–H groups in total. The van der Waals surface area contributed by atoms with Gasteiger partial charge in [-0.05, 0) is 40.2 Å². The first-order chi connectivity index (χ1) is 9.27.